The SMILES string of the molecule is CCCCCCCCP(CCCCCCCC)CCCCCCCC.[AsH3]. The Bertz CT molecular complexity index is 194. The van der Waals surface area contributed by atoms with Gasteiger partial charge in [0.15, 0.2) is 0 Å². The molecule has 0 aliphatic heterocycles. The molecule has 1 unspecified atom stereocenters. The van der Waals surface area contributed by atoms with Crippen LogP contribution in [0.5, 0.6) is 0 Å². The van der Waals surface area contributed by atoms with Gasteiger partial charge in [0.25, 0.3) is 0 Å². The Hall–Kier alpha value is 0.988. The van der Waals surface area contributed by atoms with Gasteiger partial charge in [0.2, 0.25) is 0 Å². The van der Waals surface area contributed by atoms with Gasteiger partial charge in [-0.15, -0.1) is 7.92 Å². The van der Waals surface area contributed by atoms with Gasteiger partial charge in [-0.05, 0) is 37.7 Å². The van der Waals surface area contributed by atoms with E-state index in [1.807, 2.05) is 0 Å². The van der Waals surface area contributed by atoms with Crippen LogP contribution < -0.4 is 0 Å². The zero-order valence-electron chi connectivity index (χ0n) is 19.0. The van der Waals surface area contributed by atoms with Crippen LogP contribution in [0.25, 0.3) is 0 Å². The van der Waals surface area contributed by atoms with Crippen LogP contribution in [0.2, 0.25) is 0 Å². The molecule has 0 aromatic carbocycles. The van der Waals surface area contributed by atoms with Crippen LogP contribution in [-0.2, 0) is 0 Å². The van der Waals surface area contributed by atoms with Crippen molar-refractivity contribution in [2.24, 2.45) is 0 Å². The van der Waals surface area contributed by atoms with E-state index in [1.165, 1.54) is 116 Å². The van der Waals surface area contributed by atoms with Crippen LogP contribution in [-0.4, -0.2) is 36.4 Å². The first-order valence-corrected chi connectivity index (χ1v) is 14.0. The molecule has 0 nitrogen and oxygen atoms in total. The molecular formula is C24H54AsP. The van der Waals surface area contributed by atoms with E-state index >= 15 is 0 Å². The second-order valence-electron chi connectivity index (χ2n) is 8.14. The third kappa shape index (κ3) is 23.0. The Morgan fingerprint density at radius 3 is 0.846 bits per heavy atom. The van der Waals surface area contributed by atoms with E-state index in [0.717, 1.165) is 0 Å². The number of rotatable bonds is 21. The molecule has 0 amide bonds. The molecule has 0 aliphatic carbocycles. The molecule has 2 heteroatoms. The summed E-state index contributed by atoms with van der Waals surface area (Å²) in [5, 5.41) is 0. The summed E-state index contributed by atoms with van der Waals surface area (Å²) in [7, 11) is 0.366. The van der Waals surface area contributed by atoms with Gasteiger partial charge >= 0.3 is 18.0 Å². The van der Waals surface area contributed by atoms with E-state index in [0.29, 0.717) is 7.92 Å². The first kappa shape index (κ1) is 29.2. The van der Waals surface area contributed by atoms with E-state index in [-0.39, 0.29) is 18.0 Å². The zero-order chi connectivity index (χ0) is 18.4. The van der Waals surface area contributed by atoms with Crippen molar-refractivity contribution in [3.05, 3.63) is 0 Å². The molecule has 0 aliphatic rings. The van der Waals surface area contributed by atoms with Crippen molar-refractivity contribution in [3.63, 3.8) is 0 Å². The van der Waals surface area contributed by atoms with E-state index in [2.05, 4.69) is 20.8 Å². The van der Waals surface area contributed by atoms with Gasteiger partial charge in [-0.2, -0.15) is 0 Å². The van der Waals surface area contributed by atoms with Gasteiger partial charge in [0.1, 0.15) is 0 Å². The minimum absolute atomic E-state index is 0. The van der Waals surface area contributed by atoms with Crippen molar-refractivity contribution in [1.29, 1.82) is 0 Å². The fourth-order valence-corrected chi connectivity index (χ4v) is 6.37. The molecule has 0 saturated carbocycles. The summed E-state index contributed by atoms with van der Waals surface area (Å²) in [5.74, 6) is 0. The fourth-order valence-electron chi connectivity index (χ4n) is 3.68. The first-order valence-electron chi connectivity index (χ1n) is 12.1. The van der Waals surface area contributed by atoms with Crippen LogP contribution in [0.4, 0.5) is 0 Å². The van der Waals surface area contributed by atoms with Crippen molar-refractivity contribution in [2.75, 3.05) is 18.5 Å². The predicted octanol–water partition coefficient (Wildman–Crippen LogP) is 8.37. The van der Waals surface area contributed by atoms with Crippen LogP contribution in [0.3, 0.4) is 0 Å². The molecule has 0 fully saturated rings. The summed E-state index contributed by atoms with van der Waals surface area (Å²) in [6.45, 7) is 6.96. The fraction of sp³-hybridized carbons (Fsp3) is 1.00. The number of hydrogen-bond acceptors (Lipinski definition) is 0. The maximum atomic E-state index is 2.32. The number of unbranched alkanes of at least 4 members (excludes halogenated alkanes) is 15. The maximum absolute atomic E-state index is 2.32. The summed E-state index contributed by atoms with van der Waals surface area (Å²) in [6.07, 6.45) is 31.2. The molecule has 0 aromatic rings. The molecule has 0 spiro atoms. The van der Waals surface area contributed by atoms with Crippen LogP contribution >= 0.6 is 7.92 Å². The summed E-state index contributed by atoms with van der Waals surface area (Å²) in [5.41, 5.74) is 0. The van der Waals surface area contributed by atoms with Gasteiger partial charge in [-0.1, -0.05) is 117 Å². The van der Waals surface area contributed by atoms with Crippen LogP contribution in [0, 0.1) is 0 Å². The topological polar surface area (TPSA) is 0 Å². The van der Waals surface area contributed by atoms with Gasteiger partial charge < -0.3 is 0 Å². The molecular weight excluding hydrogens is 394 g/mol. The van der Waals surface area contributed by atoms with Crippen molar-refractivity contribution >= 4 is 25.9 Å². The molecule has 160 valence electrons. The quantitative estimate of drug-likeness (QED) is 0.0940. The monoisotopic (exact) mass is 448 g/mol. The average molecular weight is 449 g/mol. The van der Waals surface area contributed by atoms with Gasteiger partial charge in [0, 0.05) is 0 Å². The summed E-state index contributed by atoms with van der Waals surface area (Å²) in [6, 6.07) is 0. The second kappa shape index (κ2) is 26.0. The van der Waals surface area contributed by atoms with E-state index < -0.39 is 0 Å². The molecule has 0 heterocycles. The van der Waals surface area contributed by atoms with Gasteiger partial charge in [-0.25, -0.2) is 0 Å². The van der Waals surface area contributed by atoms with Crippen LogP contribution in [0.1, 0.15) is 136 Å². The van der Waals surface area contributed by atoms with E-state index in [1.54, 1.807) is 18.5 Å². The van der Waals surface area contributed by atoms with Crippen LogP contribution in [0.15, 0.2) is 0 Å². The van der Waals surface area contributed by atoms with E-state index in [9.17, 15) is 0 Å². The minimum atomic E-state index is 0. The Morgan fingerprint density at radius 1 is 0.346 bits per heavy atom. The Morgan fingerprint density at radius 2 is 0.577 bits per heavy atom. The first-order chi connectivity index (χ1) is 12.3. The Labute approximate surface area is 180 Å². The predicted molar refractivity (Wildman–Crippen MR) is 132 cm³/mol. The second-order valence-corrected chi connectivity index (χ2v) is 10.8. The van der Waals surface area contributed by atoms with Crippen molar-refractivity contribution < 1.29 is 0 Å². The Balaban J connectivity index is 0. The molecule has 0 rings (SSSR count). The standard InChI is InChI=1S/C24H51P.AsH3/c1-4-7-10-13-16-19-22-25(23-20-17-14-11-8-5-2)24-21-18-15-12-9-6-3;/h4-24H2,1-3H3;1H3. The summed E-state index contributed by atoms with van der Waals surface area (Å²) < 4.78 is 0. The molecule has 1 atom stereocenters. The Kier molecular flexibility index (Phi) is 29.2. The van der Waals surface area contributed by atoms with Crippen molar-refractivity contribution in [1.82, 2.24) is 0 Å². The van der Waals surface area contributed by atoms with E-state index in [4.69, 9.17) is 0 Å². The molecule has 0 aromatic heterocycles. The van der Waals surface area contributed by atoms with Gasteiger partial charge in [-0.3, -0.25) is 0 Å². The molecule has 0 bridgehead atoms. The number of hydrogen-bond donors (Lipinski definition) is 0. The van der Waals surface area contributed by atoms with Crippen molar-refractivity contribution in [2.45, 2.75) is 136 Å². The van der Waals surface area contributed by atoms with Crippen molar-refractivity contribution in [3.8, 4) is 0 Å². The molecule has 26 heavy (non-hydrogen) atoms. The third-order valence-electron chi connectivity index (χ3n) is 5.48. The molecule has 0 radical (unpaired) electrons. The third-order valence-corrected chi connectivity index (χ3v) is 8.33. The average Bonchev–Trinajstić information content (AvgIpc) is 2.63. The van der Waals surface area contributed by atoms with Gasteiger partial charge in [0.05, 0.1) is 0 Å². The summed E-state index contributed by atoms with van der Waals surface area (Å²) >= 11 is 0. The molecule has 0 saturated heterocycles. The summed E-state index contributed by atoms with van der Waals surface area (Å²) in [4.78, 5) is 0. The zero-order valence-corrected chi connectivity index (χ0v) is 22.9. The normalized spacial score (nSPS) is 11.1. The molecule has 0 N–H and O–H groups in total.